The number of hydrogen-bond acceptors (Lipinski definition) is 3. The molecular formula is C15H20F3NO2. The smallest absolute Gasteiger partial charge is 0.406 e. The molecule has 1 aromatic carbocycles. The molecule has 3 nitrogen and oxygen atoms in total. The van der Waals surface area contributed by atoms with Gasteiger partial charge in [0.1, 0.15) is 5.75 Å². The van der Waals surface area contributed by atoms with Crippen LogP contribution >= 0.6 is 0 Å². The summed E-state index contributed by atoms with van der Waals surface area (Å²) in [5, 5.41) is 10.0. The second-order valence-corrected chi connectivity index (χ2v) is 5.53. The van der Waals surface area contributed by atoms with Gasteiger partial charge in [0.05, 0.1) is 6.10 Å². The topological polar surface area (TPSA) is 32.7 Å². The normalized spacial score (nSPS) is 23.3. The Morgan fingerprint density at radius 2 is 1.81 bits per heavy atom. The van der Waals surface area contributed by atoms with Gasteiger partial charge in [-0.2, -0.15) is 0 Å². The van der Waals surface area contributed by atoms with Crippen LogP contribution < -0.4 is 4.74 Å². The van der Waals surface area contributed by atoms with Gasteiger partial charge in [-0.3, -0.25) is 4.90 Å². The van der Waals surface area contributed by atoms with Crippen molar-refractivity contribution in [2.45, 2.75) is 50.7 Å². The maximum absolute atomic E-state index is 12.1. The highest BCUT2D eigenvalue weighted by Gasteiger charge is 2.31. The summed E-state index contributed by atoms with van der Waals surface area (Å²) in [4.78, 5) is 2.06. The summed E-state index contributed by atoms with van der Waals surface area (Å²) in [5.41, 5.74) is 0.893. The standard InChI is InChI=1S/C15H20F3NO2/c1-19(13-4-2-3-5-14(13)20)10-11-6-8-12(9-7-11)21-15(16,17)18/h6-9,13-14,20H,2-5,10H2,1H3. The number of aliphatic hydroxyl groups is 1. The first-order chi connectivity index (χ1) is 9.85. The van der Waals surface area contributed by atoms with E-state index in [1.165, 1.54) is 12.1 Å². The van der Waals surface area contributed by atoms with E-state index in [4.69, 9.17) is 0 Å². The highest BCUT2D eigenvalue weighted by Crippen LogP contribution is 2.25. The molecule has 0 amide bonds. The Labute approximate surface area is 122 Å². The summed E-state index contributed by atoms with van der Waals surface area (Å²) in [5.74, 6) is -0.216. The molecule has 0 saturated heterocycles. The van der Waals surface area contributed by atoms with Crippen molar-refractivity contribution in [2.24, 2.45) is 0 Å². The van der Waals surface area contributed by atoms with Crippen LogP contribution in [0.15, 0.2) is 24.3 Å². The number of aliphatic hydroxyl groups excluding tert-OH is 1. The Kier molecular flexibility index (Phi) is 5.11. The lowest BCUT2D eigenvalue weighted by atomic mass is 9.91. The van der Waals surface area contributed by atoms with Crippen LogP contribution in [0.5, 0.6) is 5.75 Å². The van der Waals surface area contributed by atoms with Crippen LogP contribution in [0.3, 0.4) is 0 Å². The lowest BCUT2D eigenvalue weighted by molar-refractivity contribution is -0.274. The second kappa shape index (κ2) is 6.66. The lowest BCUT2D eigenvalue weighted by Gasteiger charge is -2.35. The Hall–Kier alpha value is -1.27. The summed E-state index contributed by atoms with van der Waals surface area (Å²) in [7, 11) is 1.93. The number of likely N-dealkylation sites (N-methyl/N-ethyl adjacent to an activating group) is 1. The zero-order valence-electron chi connectivity index (χ0n) is 11.9. The highest BCUT2D eigenvalue weighted by molar-refractivity contribution is 5.27. The fraction of sp³-hybridized carbons (Fsp3) is 0.600. The van der Waals surface area contributed by atoms with Crippen LogP contribution in [0.1, 0.15) is 31.2 Å². The predicted octanol–water partition coefficient (Wildman–Crippen LogP) is 3.32. The summed E-state index contributed by atoms with van der Waals surface area (Å²) >= 11 is 0. The third-order valence-corrected chi connectivity index (χ3v) is 3.85. The SMILES string of the molecule is CN(Cc1ccc(OC(F)(F)F)cc1)C1CCCCC1O. The van der Waals surface area contributed by atoms with Crippen molar-refractivity contribution in [3.05, 3.63) is 29.8 Å². The van der Waals surface area contributed by atoms with E-state index in [0.29, 0.717) is 6.54 Å². The maximum atomic E-state index is 12.1. The molecule has 2 atom stereocenters. The summed E-state index contributed by atoms with van der Waals surface area (Å²) in [6, 6.07) is 5.98. The number of alkyl halides is 3. The molecule has 0 spiro atoms. The van der Waals surface area contributed by atoms with Crippen LogP contribution in [0.4, 0.5) is 13.2 Å². The van der Waals surface area contributed by atoms with E-state index in [0.717, 1.165) is 31.2 Å². The van der Waals surface area contributed by atoms with Crippen molar-refractivity contribution < 1.29 is 23.0 Å². The Morgan fingerprint density at radius 1 is 1.19 bits per heavy atom. The molecule has 118 valence electrons. The Balaban J connectivity index is 1.93. The third-order valence-electron chi connectivity index (χ3n) is 3.85. The molecule has 0 heterocycles. The number of nitrogens with zero attached hydrogens (tertiary/aromatic N) is 1. The minimum Gasteiger partial charge on any atom is -0.406 e. The molecule has 0 radical (unpaired) electrons. The fourth-order valence-corrected chi connectivity index (χ4v) is 2.81. The van der Waals surface area contributed by atoms with Gasteiger partial charge in [0.15, 0.2) is 0 Å². The molecule has 1 saturated carbocycles. The van der Waals surface area contributed by atoms with E-state index in [9.17, 15) is 18.3 Å². The van der Waals surface area contributed by atoms with Crippen molar-refractivity contribution in [2.75, 3.05) is 7.05 Å². The van der Waals surface area contributed by atoms with Crippen LogP contribution in [0.25, 0.3) is 0 Å². The molecule has 1 aliphatic rings. The van der Waals surface area contributed by atoms with Crippen LogP contribution in [-0.4, -0.2) is 35.6 Å². The van der Waals surface area contributed by atoms with E-state index in [-0.39, 0.29) is 17.9 Å². The Bertz CT molecular complexity index is 447. The lowest BCUT2D eigenvalue weighted by Crippen LogP contribution is -2.42. The van der Waals surface area contributed by atoms with Crippen molar-refractivity contribution in [1.82, 2.24) is 4.90 Å². The van der Waals surface area contributed by atoms with E-state index in [1.54, 1.807) is 12.1 Å². The molecule has 1 aliphatic carbocycles. The van der Waals surface area contributed by atoms with E-state index < -0.39 is 6.36 Å². The summed E-state index contributed by atoms with van der Waals surface area (Å²) < 4.78 is 40.1. The van der Waals surface area contributed by atoms with Gasteiger partial charge in [-0.25, -0.2) is 0 Å². The molecule has 2 rings (SSSR count). The predicted molar refractivity (Wildman–Crippen MR) is 72.9 cm³/mol. The first kappa shape index (κ1) is 16.1. The minimum atomic E-state index is -4.66. The number of halogens is 3. The molecular weight excluding hydrogens is 283 g/mol. The maximum Gasteiger partial charge on any atom is 0.573 e. The summed E-state index contributed by atoms with van der Waals surface area (Å²) in [6.45, 7) is 0.591. The third kappa shape index (κ3) is 4.89. The molecule has 21 heavy (non-hydrogen) atoms. The first-order valence-corrected chi connectivity index (χ1v) is 7.08. The van der Waals surface area contributed by atoms with Crippen molar-refractivity contribution in [3.8, 4) is 5.75 Å². The van der Waals surface area contributed by atoms with Gasteiger partial charge in [0.2, 0.25) is 0 Å². The van der Waals surface area contributed by atoms with Crippen LogP contribution in [-0.2, 0) is 6.54 Å². The highest BCUT2D eigenvalue weighted by atomic mass is 19.4. The molecule has 0 bridgehead atoms. The summed E-state index contributed by atoms with van der Waals surface area (Å²) in [6.07, 6.45) is -1.07. The van der Waals surface area contributed by atoms with Gasteiger partial charge in [-0.1, -0.05) is 25.0 Å². The molecule has 6 heteroatoms. The zero-order chi connectivity index (χ0) is 15.5. The fourth-order valence-electron chi connectivity index (χ4n) is 2.81. The van der Waals surface area contributed by atoms with Gasteiger partial charge in [0.25, 0.3) is 0 Å². The average Bonchev–Trinajstić information content (AvgIpc) is 2.40. The van der Waals surface area contributed by atoms with Crippen molar-refractivity contribution in [1.29, 1.82) is 0 Å². The molecule has 0 aliphatic heterocycles. The second-order valence-electron chi connectivity index (χ2n) is 5.53. The number of ether oxygens (including phenoxy) is 1. The van der Waals surface area contributed by atoms with Gasteiger partial charge >= 0.3 is 6.36 Å². The monoisotopic (exact) mass is 303 g/mol. The number of hydrogen-bond donors (Lipinski definition) is 1. The Morgan fingerprint density at radius 3 is 2.38 bits per heavy atom. The van der Waals surface area contributed by atoms with E-state index in [1.807, 2.05) is 7.05 Å². The molecule has 1 fully saturated rings. The average molecular weight is 303 g/mol. The number of benzene rings is 1. The van der Waals surface area contributed by atoms with Crippen LogP contribution in [0, 0.1) is 0 Å². The first-order valence-electron chi connectivity index (χ1n) is 7.08. The quantitative estimate of drug-likeness (QED) is 0.926. The van der Waals surface area contributed by atoms with Gasteiger partial charge in [0, 0.05) is 12.6 Å². The largest absolute Gasteiger partial charge is 0.573 e. The van der Waals surface area contributed by atoms with Crippen LogP contribution in [0.2, 0.25) is 0 Å². The van der Waals surface area contributed by atoms with Crippen molar-refractivity contribution in [3.63, 3.8) is 0 Å². The molecule has 2 unspecified atom stereocenters. The minimum absolute atomic E-state index is 0.116. The number of rotatable bonds is 4. The van der Waals surface area contributed by atoms with E-state index in [2.05, 4.69) is 9.64 Å². The van der Waals surface area contributed by atoms with Gasteiger partial charge in [-0.15, -0.1) is 13.2 Å². The molecule has 1 N–H and O–H groups in total. The molecule has 0 aromatic heterocycles. The zero-order valence-corrected chi connectivity index (χ0v) is 11.9. The van der Waals surface area contributed by atoms with Gasteiger partial charge < -0.3 is 9.84 Å². The van der Waals surface area contributed by atoms with Gasteiger partial charge in [-0.05, 0) is 37.6 Å². The molecule has 1 aromatic rings. The van der Waals surface area contributed by atoms with E-state index >= 15 is 0 Å². The van der Waals surface area contributed by atoms with Crippen molar-refractivity contribution >= 4 is 0 Å².